The molecular weight excluding hydrogens is 556 g/mol. The Kier molecular flexibility index (Phi) is 9.57. The first-order valence-corrected chi connectivity index (χ1v) is 15.8. The second-order valence-corrected chi connectivity index (χ2v) is 12.1. The van der Waals surface area contributed by atoms with Gasteiger partial charge in [0, 0.05) is 27.5 Å². The Bertz CT molecular complexity index is 1640. The van der Waals surface area contributed by atoms with E-state index >= 15 is 0 Å². The van der Waals surface area contributed by atoms with Crippen LogP contribution in [0.1, 0.15) is 29.4 Å². The van der Waals surface area contributed by atoms with Crippen molar-refractivity contribution in [2.45, 2.75) is 37.5 Å². The van der Waals surface area contributed by atoms with Gasteiger partial charge in [0.15, 0.2) is 0 Å². The molecular formula is C31H34N4O4S2. The SMILES string of the molecule is CCOc1ccc(N(CC(=O)N/N=C\c2cc(C)n(-c3ccccc3C)c2C)S(=O)(=O)c2ccc(SC)cc2)cc1. The summed E-state index contributed by atoms with van der Waals surface area (Å²) in [6.45, 7) is 7.96. The molecule has 3 aromatic carbocycles. The molecule has 0 aliphatic rings. The number of para-hydroxylation sites is 1. The van der Waals surface area contributed by atoms with Gasteiger partial charge in [-0.25, -0.2) is 13.8 Å². The number of aryl methyl sites for hydroxylation is 2. The summed E-state index contributed by atoms with van der Waals surface area (Å²) in [5.74, 6) is 0.0300. The molecule has 0 radical (unpaired) electrons. The van der Waals surface area contributed by atoms with Crippen molar-refractivity contribution < 1.29 is 17.9 Å². The molecule has 0 unspecified atom stereocenters. The molecule has 0 spiro atoms. The zero-order chi connectivity index (χ0) is 29.6. The van der Waals surface area contributed by atoms with Crippen LogP contribution < -0.4 is 14.5 Å². The first-order chi connectivity index (χ1) is 19.6. The average molecular weight is 591 g/mol. The third-order valence-electron chi connectivity index (χ3n) is 6.59. The van der Waals surface area contributed by atoms with Crippen molar-refractivity contribution in [1.29, 1.82) is 0 Å². The van der Waals surface area contributed by atoms with Gasteiger partial charge in [0.2, 0.25) is 0 Å². The predicted molar refractivity (Wildman–Crippen MR) is 166 cm³/mol. The number of hydrazone groups is 1. The maximum Gasteiger partial charge on any atom is 0.264 e. The molecule has 0 aliphatic carbocycles. The van der Waals surface area contributed by atoms with Crippen LogP contribution in [0, 0.1) is 20.8 Å². The van der Waals surface area contributed by atoms with Crippen molar-refractivity contribution in [2.75, 3.05) is 23.7 Å². The Morgan fingerprint density at radius 1 is 1.02 bits per heavy atom. The van der Waals surface area contributed by atoms with E-state index in [9.17, 15) is 13.2 Å². The Morgan fingerprint density at radius 3 is 2.34 bits per heavy atom. The van der Waals surface area contributed by atoms with Gasteiger partial charge in [-0.15, -0.1) is 11.8 Å². The highest BCUT2D eigenvalue weighted by atomic mass is 32.2. The second-order valence-electron chi connectivity index (χ2n) is 9.36. The maximum absolute atomic E-state index is 13.7. The maximum atomic E-state index is 13.7. The number of nitrogens with one attached hydrogen (secondary N) is 1. The minimum Gasteiger partial charge on any atom is -0.494 e. The zero-order valence-corrected chi connectivity index (χ0v) is 25.4. The lowest BCUT2D eigenvalue weighted by atomic mass is 10.2. The van der Waals surface area contributed by atoms with Crippen molar-refractivity contribution in [3.63, 3.8) is 0 Å². The van der Waals surface area contributed by atoms with Crippen molar-refractivity contribution in [1.82, 2.24) is 9.99 Å². The number of carbonyl (C=O) groups is 1. The number of benzene rings is 3. The zero-order valence-electron chi connectivity index (χ0n) is 23.8. The fourth-order valence-corrected chi connectivity index (χ4v) is 6.34. The quantitative estimate of drug-likeness (QED) is 0.134. The summed E-state index contributed by atoms with van der Waals surface area (Å²) < 4.78 is 36.1. The standard InChI is InChI=1S/C31H34N4O4S2/c1-6-39-27-13-11-26(12-14-27)34(41(37,38)29-17-15-28(40-5)16-18-29)21-31(36)33-32-20-25-19-23(3)35(24(25)4)30-10-8-7-9-22(30)2/h7-20H,6,21H2,1-5H3,(H,33,36)/b32-20-. The fourth-order valence-electron chi connectivity index (χ4n) is 4.51. The largest absolute Gasteiger partial charge is 0.494 e. The van der Waals surface area contributed by atoms with E-state index in [2.05, 4.69) is 34.2 Å². The van der Waals surface area contributed by atoms with Gasteiger partial charge >= 0.3 is 0 Å². The third kappa shape index (κ3) is 6.83. The number of aromatic nitrogens is 1. The van der Waals surface area contributed by atoms with Crippen LogP contribution in [0.2, 0.25) is 0 Å². The highest BCUT2D eigenvalue weighted by Gasteiger charge is 2.27. The summed E-state index contributed by atoms with van der Waals surface area (Å²) in [6, 6.07) is 23.3. The van der Waals surface area contributed by atoms with Crippen LogP contribution in [0.25, 0.3) is 5.69 Å². The molecule has 4 rings (SSSR count). The normalized spacial score (nSPS) is 11.5. The number of sulfonamides is 1. The van der Waals surface area contributed by atoms with Gasteiger partial charge in [-0.3, -0.25) is 9.10 Å². The number of carbonyl (C=O) groups excluding carboxylic acids is 1. The van der Waals surface area contributed by atoms with Crippen LogP contribution in [0.15, 0.2) is 93.8 Å². The number of rotatable bonds is 11. The number of ether oxygens (including phenoxy) is 1. The van der Waals surface area contributed by atoms with Gasteiger partial charge in [0.05, 0.1) is 23.4 Å². The second kappa shape index (κ2) is 13.1. The Labute approximate surface area is 246 Å². The molecule has 214 valence electrons. The fraction of sp³-hybridized carbons (Fsp3) is 0.226. The van der Waals surface area contributed by atoms with Crippen LogP contribution in [0.5, 0.6) is 5.75 Å². The minimum absolute atomic E-state index is 0.0872. The van der Waals surface area contributed by atoms with Crippen molar-refractivity contribution in [3.05, 3.63) is 101 Å². The van der Waals surface area contributed by atoms with Crippen molar-refractivity contribution >= 4 is 39.6 Å². The van der Waals surface area contributed by atoms with Gasteiger partial charge < -0.3 is 9.30 Å². The smallest absolute Gasteiger partial charge is 0.264 e. The molecule has 1 N–H and O–H groups in total. The molecule has 1 amide bonds. The van der Waals surface area contributed by atoms with Gasteiger partial charge in [-0.2, -0.15) is 5.10 Å². The number of thioether (sulfide) groups is 1. The summed E-state index contributed by atoms with van der Waals surface area (Å²) in [6.07, 6.45) is 3.49. The molecule has 41 heavy (non-hydrogen) atoms. The number of amides is 1. The van der Waals surface area contributed by atoms with Crippen LogP contribution >= 0.6 is 11.8 Å². The summed E-state index contributed by atoms with van der Waals surface area (Å²) in [4.78, 5) is 14.0. The van der Waals surface area contributed by atoms with Crippen LogP contribution in [0.4, 0.5) is 5.69 Å². The monoisotopic (exact) mass is 590 g/mol. The third-order valence-corrected chi connectivity index (χ3v) is 9.12. The molecule has 8 nitrogen and oxygen atoms in total. The lowest BCUT2D eigenvalue weighted by Crippen LogP contribution is -2.39. The van der Waals surface area contributed by atoms with E-state index in [1.54, 1.807) is 54.7 Å². The van der Waals surface area contributed by atoms with Crippen LogP contribution in [-0.2, 0) is 14.8 Å². The first kappa shape index (κ1) is 30.0. The van der Waals surface area contributed by atoms with Crippen molar-refractivity contribution in [3.8, 4) is 11.4 Å². The lowest BCUT2D eigenvalue weighted by Gasteiger charge is -2.24. The molecule has 1 aromatic heterocycles. The van der Waals surface area contributed by atoms with Gasteiger partial charge in [-0.1, -0.05) is 18.2 Å². The summed E-state index contributed by atoms with van der Waals surface area (Å²) in [5, 5.41) is 4.15. The van der Waals surface area contributed by atoms with E-state index in [4.69, 9.17) is 4.74 Å². The molecule has 10 heteroatoms. The van der Waals surface area contributed by atoms with E-state index < -0.39 is 22.5 Å². The van der Waals surface area contributed by atoms with E-state index in [0.717, 1.165) is 37.4 Å². The lowest BCUT2D eigenvalue weighted by molar-refractivity contribution is -0.119. The molecule has 0 bridgehead atoms. The van der Waals surface area contributed by atoms with Crippen LogP contribution in [-0.4, -0.2) is 44.5 Å². The van der Waals surface area contributed by atoms with Crippen LogP contribution in [0.3, 0.4) is 0 Å². The summed E-state index contributed by atoms with van der Waals surface area (Å²) in [7, 11) is -4.05. The van der Waals surface area contributed by atoms with E-state index in [0.29, 0.717) is 18.0 Å². The molecule has 0 aliphatic heterocycles. The van der Waals surface area contributed by atoms with E-state index in [1.807, 2.05) is 45.2 Å². The summed E-state index contributed by atoms with van der Waals surface area (Å²) >= 11 is 1.52. The predicted octanol–water partition coefficient (Wildman–Crippen LogP) is 5.87. The molecule has 0 saturated heterocycles. The van der Waals surface area contributed by atoms with Gasteiger partial charge in [0.1, 0.15) is 12.3 Å². The van der Waals surface area contributed by atoms with E-state index in [1.165, 1.54) is 11.8 Å². The molecule has 4 aromatic rings. The highest BCUT2D eigenvalue weighted by molar-refractivity contribution is 7.98. The highest BCUT2D eigenvalue weighted by Crippen LogP contribution is 2.27. The number of hydrogen-bond donors (Lipinski definition) is 1. The molecule has 0 atom stereocenters. The Hall–Kier alpha value is -4.02. The van der Waals surface area contributed by atoms with Gasteiger partial charge in [0.25, 0.3) is 15.9 Å². The Morgan fingerprint density at radius 2 is 1.71 bits per heavy atom. The van der Waals surface area contributed by atoms with E-state index in [-0.39, 0.29) is 4.90 Å². The first-order valence-electron chi connectivity index (χ1n) is 13.1. The Balaban J connectivity index is 1.56. The average Bonchev–Trinajstić information content (AvgIpc) is 3.25. The number of nitrogens with zero attached hydrogens (tertiary/aromatic N) is 3. The van der Waals surface area contributed by atoms with Crippen molar-refractivity contribution in [2.24, 2.45) is 5.10 Å². The molecule has 0 fully saturated rings. The van der Waals surface area contributed by atoms with Gasteiger partial charge in [-0.05, 0) is 100 Å². The number of hydrogen-bond acceptors (Lipinski definition) is 6. The summed E-state index contributed by atoms with van der Waals surface area (Å²) in [5.41, 5.74) is 7.91. The number of anilines is 1. The molecule has 1 heterocycles. The minimum atomic E-state index is -4.05. The molecule has 0 saturated carbocycles. The topological polar surface area (TPSA) is 93.0 Å².